The lowest BCUT2D eigenvalue weighted by Crippen LogP contribution is -2.42. The highest BCUT2D eigenvalue weighted by atomic mass is 19.3. The van der Waals surface area contributed by atoms with E-state index in [0.717, 1.165) is 28.6 Å². The maximum absolute atomic E-state index is 13.8. The van der Waals surface area contributed by atoms with Gasteiger partial charge in [0.15, 0.2) is 11.6 Å². The lowest BCUT2D eigenvalue weighted by Gasteiger charge is -2.31. The molecular weight excluding hydrogens is 434 g/mol. The molecule has 3 nitrogen and oxygen atoms in total. The minimum Gasteiger partial charge on any atom is -0.464 e. The largest absolute Gasteiger partial charge is 0.464 e. The van der Waals surface area contributed by atoms with E-state index in [1.54, 1.807) is 30.3 Å². The van der Waals surface area contributed by atoms with Crippen LogP contribution in [-0.2, 0) is 0 Å². The second-order valence-electron chi connectivity index (χ2n) is 8.22. The molecule has 0 bridgehead atoms. The van der Waals surface area contributed by atoms with Gasteiger partial charge in [-0.05, 0) is 59.2 Å². The summed E-state index contributed by atoms with van der Waals surface area (Å²) in [5.41, 5.74) is 3.68. The molecule has 0 N–H and O–H groups in total. The van der Waals surface area contributed by atoms with Crippen LogP contribution in [0.4, 0.5) is 17.6 Å². The Balaban J connectivity index is 1.46. The number of rotatable bonds is 3. The highest BCUT2D eigenvalue weighted by Gasteiger charge is 2.35. The molecule has 1 fully saturated rings. The Morgan fingerprint density at radius 3 is 2.21 bits per heavy atom. The van der Waals surface area contributed by atoms with Crippen LogP contribution in [-0.4, -0.2) is 29.8 Å². The van der Waals surface area contributed by atoms with Gasteiger partial charge in [0.25, 0.3) is 11.8 Å². The Kier molecular flexibility index (Phi) is 5.19. The molecule has 0 saturated carbocycles. The van der Waals surface area contributed by atoms with E-state index in [1.165, 1.54) is 17.2 Å². The standard InChI is InChI=1S/C26H19F4NO2/c27-22-6-5-18(15-23(22)28)21-14-20(13-19-7-12-33-24(19)21)16-1-3-17(4-2-16)25(32)31-10-8-26(29,30)9-11-31/h1-7,12-15H,8-11H2. The number of carbonyl (C=O) groups is 1. The number of nitrogens with zero attached hydrogens (tertiary/aromatic N) is 1. The zero-order valence-corrected chi connectivity index (χ0v) is 17.5. The van der Waals surface area contributed by atoms with Crippen molar-refractivity contribution >= 4 is 16.9 Å². The molecule has 5 rings (SSSR count). The van der Waals surface area contributed by atoms with Crippen molar-refractivity contribution in [1.82, 2.24) is 4.90 Å². The fourth-order valence-corrected chi connectivity index (χ4v) is 4.15. The number of halogens is 4. The fourth-order valence-electron chi connectivity index (χ4n) is 4.15. The lowest BCUT2D eigenvalue weighted by molar-refractivity contribution is -0.0494. The molecule has 168 valence electrons. The molecule has 0 radical (unpaired) electrons. The van der Waals surface area contributed by atoms with Crippen LogP contribution in [0.3, 0.4) is 0 Å². The summed E-state index contributed by atoms with van der Waals surface area (Å²) in [5, 5.41) is 0.793. The molecule has 0 spiro atoms. The Morgan fingerprint density at radius 2 is 1.52 bits per heavy atom. The number of fused-ring (bicyclic) bond motifs is 1. The summed E-state index contributed by atoms with van der Waals surface area (Å²) < 4.78 is 59.6. The Morgan fingerprint density at radius 1 is 0.818 bits per heavy atom. The molecule has 1 saturated heterocycles. The minimum absolute atomic E-state index is 0.0301. The lowest BCUT2D eigenvalue weighted by atomic mass is 9.96. The molecular formula is C26H19F4NO2. The van der Waals surface area contributed by atoms with Gasteiger partial charge in [-0.2, -0.15) is 0 Å². The fraction of sp³-hybridized carbons (Fsp3) is 0.192. The molecule has 33 heavy (non-hydrogen) atoms. The molecule has 3 aromatic carbocycles. The van der Waals surface area contributed by atoms with Gasteiger partial charge < -0.3 is 9.32 Å². The first-order chi connectivity index (χ1) is 15.8. The van der Waals surface area contributed by atoms with Crippen LogP contribution in [0.15, 0.2) is 71.3 Å². The van der Waals surface area contributed by atoms with E-state index in [4.69, 9.17) is 4.42 Å². The molecule has 0 aliphatic carbocycles. The predicted octanol–water partition coefficient (Wildman–Crippen LogP) is 6.92. The highest BCUT2D eigenvalue weighted by Crippen LogP contribution is 2.35. The van der Waals surface area contributed by atoms with Crippen molar-refractivity contribution in [2.45, 2.75) is 18.8 Å². The first-order valence-electron chi connectivity index (χ1n) is 10.5. The van der Waals surface area contributed by atoms with Crippen LogP contribution in [0.1, 0.15) is 23.2 Å². The molecule has 1 aliphatic rings. The molecule has 2 heterocycles. The number of hydrogen-bond acceptors (Lipinski definition) is 2. The van der Waals surface area contributed by atoms with Crippen molar-refractivity contribution in [1.29, 1.82) is 0 Å². The maximum Gasteiger partial charge on any atom is 0.253 e. The number of likely N-dealkylation sites (tertiary alicyclic amines) is 1. The smallest absolute Gasteiger partial charge is 0.253 e. The van der Waals surface area contributed by atoms with Crippen molar-refractivity contribution in [3.05, 3.63) is 84.1 Å². The number of furan rings is 1. The Bertz CT molecular complexity index is 1330. The quantitative estimate of drug-likeness (QED) is 0.316. The molecule has 4 aromatic rings. The topological polar surface area (TPSA) is 33.5 Å². The Labute approximate surface area is 187 Å². The van der Waals surface area contributed by atoms with Crippen LogP contribution in [0, 0.1) is 11.6 Å². The van der Waals surface area contributed by atoms with Crippen LogP contribution in [0.5, 0.6) is 0 Å². The second-order valence-corrected chi connectivity index (χ2v) is 8.22. The summed E-state index contributed by atoms with van der Waals surface area (Å²) in [6, 6.07) is 16.1. The number of benzene rings is 3. The first kappa shape index (κ1) is 21.2. The zero-order chi connectivity index (χ0) is 23.2. The third-order valence-electron chi connectivity index (χ3n) is 6.03. The van der Waals surface area contributed by atoms with Gasteiger partial charge in [0.05, 0.1) is 6.26 Å². The van der Waals surface area contributed by atoms with Gasteiger partial charge in [0.1, 0.15) is 5.58 Å². The van der Waals surface area contributed by atoms with Crippen LogP contribution in [0.2, 0.25) is 0 Å². The van der Waals surface area contributed by atoms with E-state index >= 15 is 0 Å². The van der Waals surface area contributed by atoms with Crippen molar-refractivity contribution in [2.24, 2.45) is 0 Å². The second kappa shape index (κ2) is 8.06. The van der Waals surface area contributed by atoms with Crippen LogP contribution < -0.4 is 0 Å². The van der Waals surface area contributed by atoms with E-state index in [9.17, 15) is 22.4 Å². The molecule has 0 atom stereocenters. The Hall–Kier alpha value is -3.61. The SMILES string of the molecule is O=C(c1ccc(-c2cc(-c3ccc(F)c(F)c3)c3occc3c2)cc1)N1CCC(F)(F)CC1. The van der Waals surface area contributed by atoms with Crippen molar-refractivity contribution in [2.75, 3.05) is 13.1 Å². The molecule has 1 amide bonds. The number of hydrogen-bond donors (Lipinski definition) is 0. The summed E-state index contributed by atoms with van der Waals surface area (Å²) in [7, 11) is 0. The van der Waals surface area contributed by atoms with Gasteiger partial charge in [-0.25, -0.2) is 17.6 Å². The number of alkyl halides is 2. The summed E-state index contributed by atoms with van der Waals surface area (Å²) in [6.07, 6.45) is 0.879. The summed E-state index contributed by atoms with van der Waals surface area (Å²) in [5.74, 6) is -4.86. The molecule has 1 aromatic heterocycles. The highest BCUT2D eigenvalue weighted by molar-refractivity contribution is 5.97. The van der Waals surface area contributed by atoms with Gasteiger partial charge in [-0.1, -0.05) is 18.2 Å². The van der Waals surface area contributed by atoms with E-state index in [0.29, 0.717) is 22.3 Å². The van der Waals surface area contributed by atoms with Gasteiger partial charge in [0.2, 0.25) is 0 Å². The van der Waals surface area contributed by atoms with Crippen LogP contribution in [0.25, 0.3) is 33.2 Å². The third-order valence-corrected chi connectivity index (χ3v) is 6.03. The zero-order valence-electron chi connectivity index (χ0n) is 17.5. The minimum atomic E-state index is -2.71. The average molecular weight is 453 g/mol. The summed E-state index contributed by atoms with van der Waals surface area (Å²) >= 11 is 0. The predicted molar refractivity (Wildman–Crippen MR) is 117 cm³/mol. The average Bonchev–Trinajstić information content (AvgIpc) is 3.29. The molecule has 1 aliphatic heterocycles. The van der Waals surface area contributed by atoms with E-state index in [-0.39, 0.29) is 31.8 Å². The normalized spacial score (nSPS) is 15.7. The van der Waals surface area contributed by atoms with Gasteiger partial charge in [-0.15, -0.1) is 0 Å². The number of amides is 1. The van der Waals surface area contributed by atoms with Crippen molar-refractivity contribution < 1.29 is 26.8 Å². The summed E-state index contributed by atoms with van der Waals surface area (Å²) in [4.78, 5) is 14.1. The van der Waals surface area contributed by atoms with Crippen molar-refractivity contribution in [3.63, 3.8) is 0 Å². The molecule has 7 heteroatoms. The van der Waals surface area contributed by atoms with Crippen LogP contribution >= 0.6 is 0 Å². The number of carbonyl (C=O) groups excluding carboxylic acids is 1. The van der Waals surface area contributed by atoms with Gasteiger partial charge >= 0.3 is 0 Å². The summed E-state index contributed by atoms with van der Waals surface area (Å²) in [6.45, 7) is 0.0602. The van der Waals surface area contributed by atoms with E-state index < -0.39 is 17.6 Å². The third kappa shape index (κ3) is 4.11. The van der Waals surface area contributed by atoms with Gasteiger partial charge in [-0.3, -0.25) is 4.79 Å². The van der Waals surface area contributed by atoms with Crippen molar-refractivity contribution in [3.8, 4) is 22.3 Å². The molecule has 0 unspecified atom stereocenters. The van der Waals surface area contributed by atoms with E-state index in [2.05, 4.69) is 0 Å². The van der Waals surface area contributed by atoms with Gasteiger partial charge in [0, 0.05) is 42.4 Å². The first-order valence-corrected chi connectivity index (χ1v) is 10.5. The van der Waals surface area contributed by atoms with E-state index in [1.807, 2.05) is 12.1 Å². The number of piperidine rings is 1. The maximum atomic E-state index is 13.8. The monoisotopic (exact) mass is 453 g/mol.